The van der Waals surface area contributed by atoms with E-state index in [2.05, 4.69) is 19.8 Å². The molecule has 2 aromatic carbocycles. The van der Waals surface area contributed by atoms with Gasteiger partial charge in [0.2, 0.25) is 5.95 Å². The summed E-state index contributed by atoms with van der Waals surface area (Å²) in [4.78, 5) is 19.5. The topological polar surface area (TPSA) is 50.2 Å². The highest BCUT2D eigenvalue weighted by Crippen LogP contribution is 2.21. The molecule has 0 bridgehead atoms. The lowest BCUT2D eigenvalue weighted by Gasteiger charge is -2.16. The van der Waals surface area contributed by atoms with Gasteiger partial charge in [0.15, 0.2) is 0 Å². The third-order valence-electron chi connectivity index (χ3n) is 4.82. The number of benzene rings is 2. The number of nitrogens with zero attached hydrogens (tertiary/aromatic N) is 3. The second-order valence-electron chi connectivity index (χ2n) is 6.59. The number of carbonyl (C=O) groups is 1. The van der Waals surface area contributed by atoms with Crippen LogP contribution < -0.4 is 5.32 Å². The highest BCUT2D eigenvalue weighted by molar-refractivity contribution is 6.04. The number of para-hydroxylation sites is 2. The summed E-state index contributed by atoms with van der Waals surface area (Å²) in [6.07, 6.45) is 2.50. The van der Waals surface area contributed by atoms with Gasteiger partial charge in [-0.2, -0.15) is 0 Å². The van der Waals surface area contributed by atoms with Gasteiger partial charge in [0.1, 0.15) is 5.82 Å². The lowest BCUT2D eigenvalue weighted by Crippen LogP contribution is -2.25. The third kappa shape index (κ3) is 3.46. The highest BCUT2D eigenvalue weighted by atomic mass is 19.1. The minimum atomic E-state index is -0.362. The van der Waals surface area contributed by atoms with Crippen molar-refractivity contribution < 1.29 is 9.18 Å². The second-order valence-corrected chi connectivity index (χ2v) is 6.59. The maximum Gasteiger partial charge on any atom is 0.257 e. The number of likely N-dealkylation sites (tertiary alicyclic amines) is 1. The number of rotatable bonds is 5. The molecule has 1 aromatic heterocycles. The molecule has 1 saturated heterocycles. The van der Waals surface area contributed by atoms with E-state index in [4.69, 9.17) is 0 Å². The van der Waals surface area contributed by atoms with Crippen molar-refractivity contribution in [2.75, 3.05) is 25.0 Å². The molecule has 1 amide bonds. The van der Waals surface area contributed by atoms with Crippen molar-refractivity contribution in [3.8, 4) is 0 Å². The summed E-state index contributed by atoms with van der Waals surface area (Å²) in [7, 11) is 0. The first kappa shape index (κ1) is 16.7. The maximum atomic E-state index is 13.1. The van der Waals surface area contributed by atoms with E-state index < -0.39 is 0 Å². The van der Waals surface area contributed by atoms with E-state index >= 15 is 0 Å². The van der Waals surface area contributed by atoms with Crippen molar-refractivity contribution in [2.45, 2.75) is 19.4 Å². The first-order valence-corrected chi connectivity index (χ1v) is 8.95. The van der Waals surface area contributed by atoms with E-state index in [1.54, 1.807) is 0 Å². The second kappa shape index (κ2) is 7.25. The van der Waals surface area contributed by atoms with E-state index in [-0.39, 0.29) is 11.7 Å². The molecule has 0 atom stereocenters. The number of hydrogen-bond donors (Lipinski definition) is 1. The Hall–Kier alpha value is -2.73. The molecule has 0 spiro atoms. The van der Waals surface area contributed by atoms with Crippen LogP contribution in [0.15, 0.2) is 48.5 Å². The van der Waals surface area contributed by atoms with Crippen LogP contribution in [0.1, 0.15) is 23.2 Å². The molecule has 0 radical (unpaired) electrons. The van der Waals surface area contributed by atoms with Crippen molar-refractivity contribution in [1.29, 1.82) is 0 Å². The number of imidazole rings is 1. The van der Waals surface area contributed by atoms with Gasteiger partial charge in [-0.05, 0) is 62.3 Å². The molecule has 0 saturated carbocycles. The number of anilines is 1. The molecule has 2 heterocycles. The normalized spacial score (nSPS) is 14.8. The van der Waals surface area contributed by atoms with Crippen molar-refractivity contribution in [2.24, 2.45) is 0 Å². The number of hydrogen-bond acceptors (Lipinski definition) is 3. The predicted molar refractivity (Wildman–Crippen MR) is 99.8 cm³/mol. The smallest absolute Gasteiger partial charge is 0.257 e. The van der Waals surface area contributed by atoms with Crippen LogP contribution in [0.4, 0.5) is 10.3 Å². The molecule has 1 aliphatic rings. The van der Waals surface area contributed by atoms with Crippen LogP contribution in [-0.4, -0.2) is 40.0 Å². The molecule has 6 heteroatoms. The lowest BCUT2D eigenvalue weighted by molar-refractivity contribution is 0.102. The summed E-state index contributed by atoms with van der Waals surface area (Å²) >= 11 is 0. The predicted octanol–water partition coefficient (Wildman–Crippen LogP) is 3.52. The van der Waals surface area contributed by atoms with Crippen LogP contribution in [0.3, 0.4) is 0 Å². The first-order chi connectivity index (χ1) is 12.7. The number of amides is 1. The minimum absolute atomic E-state index is 0.289. The van der Waals surface area contributed by atoms with Gasteiger partial charge in [-0.15, -0.1) is 0 Å². The number of halogens is 1. The fraction of sp³-hybridized carbons (Fsp3) is 0.300. The Labute approximate surface area is 151 Å². The van der Waals surface area contributed by atoms with E-state index in [0.29, 0.717) is 11.5 Å². The molecular formula is C20H21FN4O. The van der Waals surface area contributed by atoms with E-state index in [9.17, 15) is 9.18 Å². The van der Waals surface area contributed by atoms with Crippen LogP contribution in [0.2, 0.25) is 0 Å². The number of nitrogens with one attached hydrogen (secondary N) is 1. The van der Waals surface area contributed by atoms with Gasteiger partial charge in [-0.3, -0.25) is 10.1 Å². The summed E-state index contributed by atoms with van der Waals surface area (Å²) in [5, 5.41) is 2.88. The number of carbonyl (C=O) groups excluding carboxylic acids is 1. The Bertz CT molecular complexity index is 913. The zero-order chi connectivity index (χ0) is 17.9. The van der Waals surface area contributed by atoms with Gasteiger partial charge < -0.3 is 9.47 Å². The summed E-state index contributed by atoms with van der Waals surface area (Å²) in [5.74, 6) is -0.123. The maximum absolute atomic E-state index is 13.1. The van der Waals surface area contributed by atoms with Crippen LogP contribution in [0.5, 0.6) is 0 Å². The molecule has 134 valence electrons. The van der Waals surface area contributed by atoms with Gasteiger partial charge in [-0.1, -0.05) is 12.1 Å². The van der Waals surface area contributed by atoms with Crippen molar-refractivity contribution in [3.05, 3.63) is 59.9 Å². The van der Waals surface area contributed by atoms with Gasteiger partial charge in [0.25, 0.3) is 5.91 Å². The fourth-order valence-electron chi connectivity index (χ4n) is 3.42. The Kier molecular flexibility index (Phi) is 4.67. The SMILES string of the molecule is O=C(Nc1nc2ccccc2n1CCN1CCCC1)c1ccc(F)cc1. The molecule has 1 N–H and O–H groups in total. The molecule has 5 nitrogen and oxygen atoms in total. The lowest BCUT2D eigenvalue weighted by atomic mass is 10.2. The fourth-order valence-corrected chi connectivity index (χ4v) is 3.42. The van der Waals surface area contributed by atoms with E-state index in [0.717, 1.165) is 37.2 Å². The minimum Gasteiger partial charge on any atom is -0.309 e. The molecule has 0 aliphatic carbocycles. The van der Waals surface area contributed by atoms with Gasteiger partial charge >= 0.3 is 0 Å². The molecule has 1 fully saturated rings. The average molecular weight is 352 g/mol. The average Bonchev–Trinajstić information content (AvgIpc) is 3.28. The van der Waals surface area contributed by atoms with Crippen molar-refractivity contribution in [3.63, 3.8) is 0 Å². The van der Waals surface area contributed by atoms with Crippen LogP contribution >= 0.6 is 0 Å². The van der Waals surface area contributed by atoms with Gasteiger partial charge in [-0.25, -0.2) is 9.37 Å². The van der Waals surface area contributed by atoms with Crippen LogP contribution in [0.25, 0.3) is 11.0 Å². The Morgan fingerprint density at radius 2 is 1.77 bits per heavy atom. The first-order valence-electron chi connectivity index (χ1n) is 8.95. The quantitative estimate of drug-likeness (QED) is 0.764. The summed E-state index contributed by atoms with van der Waals surface area (Å²) < 4.78 is 15.1. The molecule has 1 aliphatic heterocycles. The molecule has 26 heavy (non-hydrogen) atoms. The van der Waals surface area contributed by atoms with Crippen molar-refractivity contribution in [1.82, 2.24) is 14.5 Å². The Morgan fingerprint density at radius 3 is 2.54 bits per heavy atom. The summed E-state index contributed by atoms with van der Waals surface area (Å²) in [6, 6.07) is 13.4. The monoisotopic (exact) mass is 352 g/mol. The standard InChI is InChI=1S/C20H21FN4O/c21-16-9-7-15(8-10-16)19(26)23-20-22-17-5-1-2-6-18(17)25(20)14-13-24-11-3-4-12-24/h1-2,5-10H,3-4,11-14H2,(H,22,23,26). The largest absolute Gasteiger partial charge is 0.309 e. The molecular weight excluding hydrogens is 331 g/mol. The van der Waals surface area contributed by atoms with E-state index in [1.807, 2.05) is 24.3 Å². The third-order valence-corrected chi connectivity index (χ3v) is 4.82. The molecule has 3 aromatic rings. The van der Waals surface area contributed by atoms with Gasteiger partial charge in [0.05, 0.1) is 11.0 Å². The van der Waals surface area contributed by atoms with Crippen LogP contribution in [0, 0.1) is 5.82 Å². The number of aromatic nitrogens is 2. The summed E-state index contributed by atoms with van der Waals surface area (Å²) in [5.41, 5.74) is 2.26. The van der Waals surface area contributed by atoms with E-state index in [1.165, 1.54) is 37.1 Å². The Balaban J connectivity index is 1.59. The van der Waals surface area contributed by atoms with Crippen LogP contribution in [-0.2, 0) is 6.54 Å². The molecule has 0 unspecified atom stereocenters. The summed E-state index contributed by atoms with van der Waals surface area (Å²) in [6.45, 7) is 3.95. The zero-order valence-electron chi connectivity index (χ0n) is 14.5. The Morgan fingerprint density at radius 1 is 1.04 bits per heavy atom. The van der Waals surface area contributed by atoms with Crippen molar-refractivity contribution >= 4 is 22.9 Å². The highest BCUT2D eigenvalue weighted by Gasteiger charge is 2.16. The van der Waals surface area contributed by atoms with Gasteiger partial charge in [0, 0.05) is 18.7 Å². The zero-order valence-corrected chi connectivity index (χ0v) is 14.5. The molecule has 4 rings (SSSR count). The number of fused-ring (bicyclic) bond motifs is 1.